The van der Waals surface area contributed by atoms with Crippen LogP contribution >= 0.6 is 0 Å². The molecule has 4 aromatic carbocycles. The van der Waals surface area contributed by atoms with E-state index >= 15 is 0 Å². The Bertz CT molecular complexity index is 2240. The normalized spacial score (nSPS) is 11.1. The van der Waals surface area contributed by atoms with Crippen molar-refractivity contribution in [1.82, 2.24) is 29.7 Å². The van der Waals surface area contributed by atoms with Gasteiger partial charge >= 0.3 is 0 Å². The molecule has 0 fully saturated rings. The summed E-state index contributed by atoms with van der Waals surface area (Å²) >= 11 is 0. The monoisotopic (exact) mass is 636 g/mol. The number of nitrogens with zero attached hydrogens (tertiary/aromatic N) is 6. The number of ether oxygens (including phenoxy) is 2. The van der Waals surface area contributed by atoms with Gasteiger partial charge in [-0.15, -0.1) is 5.10 Å². The Kier molecular flexibility index (Phi) is 8.03. The van der Waals surface area contributed by atoms with Gasteiger partial charge in [-0.2, -0.15) is 5.10 Å². The number of rotatable bonds is 9. The molecule has 0 N–H and O–H groups in total. The van der Waals surface area contributed by atoms with Gasteiger partial charge in [-0.25, -0.2) is 15.0 Å². The fraction of sp³-hybridized carbons (Fsp3) is 0.0513. The molecule has 8 nitrogen and oxygen atoms in total. The maximum atomic E-state index is 6.04. The van der Waals surface area contributed by atoms with Crippen LogP contribution in [0.2, 0.25) is 13.6 Å². The maximum Gasteiger partial charge on any atom is 0.254 e. The third-order valence-corrected chi connectivity index (χ3v) is 8.92. The minimum Gasteiger partial charge on any atom is -0.439 e. The van der Waals surface area contributed by atoms with E-state index in [0.717, 1.165) is 55.2 Å². The Morgan fingerprint density at radius 3 is 1.49 bits per heavy atom. The molecule has 0 saturated carbocycles. The Morgan fingerprint density at radius 2 is 1.02 bits per heavy atom. The molecule has 0 aliphatic rings. The molecule has 0 bridgehead atoms. The molecule has 8 aromatic rings. The minimum absolute atomic E-state index is 0.0918. The van der Waals surface area contributed by atoms with Gasteiger partial charge in [-0.3, -0.25) is 4.57 Å². The average molecular weight is 636 g/mol. The van der Waals surface area contributed by atoms with Crippen molar-refractivity contribution in [3.8, 4) is 29.2 Å². The number of hydrogen-bond acceptors (Lipinski definition) is 7. The second-order valence-corrected chi connectivity index (χ2v) is 12.0. The second kappa shape index (κ2) is 13.1. The molecule has 10 heteroatoms. The van der Waals surface area contributed by atoms with Crippen LogP contribution in [0.4, 0.5) is 0 Å². The highest BCUT2D eigenvalue weighted by Crippen LogP contribution is 2.30. The Balaban J connectivity index is 1.17. The van der Waals surface area contributed by atoms with Gasteiger partial charge < -0.3 is 9.47 Å². The third kappa shape index (κ3) is 6.12. The maximum absolute atomic E-state index is 6.04. The van der Waals surface area contributed by atoms with E-state index in [4.69, 9.17) is 9.47 Å². The average Bonchev–Trinajstić information content (AvgIpc) is 3.48. The molecular weight excluding hydrogens is 606 g/mol. The SMILES string of the molecule is CB(c1cccc(Oc2ccccn2)c1)c1ccc2c3ccc(B(C)c4cccc(Oc5ccccn5)c4)cc3n(-c3nccnn3)c2c1. The van der Waals surface area contributed by atoms with Crippen LogP contribution in [0.5, 0.6) is 23.3 Å². The molecule has 49 heavy (non-hydrogen) atoms. The second-order valence-electron chi connectivity index (χ2n) is 12.0. The molecule has 234 valence electrons. The van der Waals surface area contributed by atoms with Gasteiger partial charge in [0.2, 0.25) is 25.2 Å². The summed E-state index contributed by atoms with van der Waals surface area (Å²) in [7, 11) is 0. The van der Waals surface area contributed by atoms with E-state index in [0.29, 0.717) is 17.7 Å². The van der Waals surface area contributed by atoms with Gasteiger partial charge in [0.25, 0.3) is 5.95 Å². The molecule has 0 saturated heterocycles. The quantitative estimate of drug-likeness (QED) is 0.185. The van der Waals surface area contributed by atoms with Crippen LogP contribution in [-0.4, -0.2) is 43.1 Å². The van der Waals surface area contributed by atoms with Crippen molar-refractivity contribution in [2.24, 2.45) is 0 Å². The Hall–Kier alpha value is -6.28. The zero-order chi connectivity index (χ0) is 33.2. The predicted octanol–water partition coefficient (Wildman–Crippen LogP) is 5.82. The molecule has 0 spiro atoms. The zero-order valence-corrected chi connectivity index (χ0v) is 27.0. The topological polar surface area (TPSA) is 87.8 Å². The van der Waals surface area contributed by atoms with Crippen molar-refractivity contribution >= 4 is 57.1 Å². The van der Waals surface area contributed by atoms with Gasteiger partial charge in [-0.05, 0) is 48.5 Å². The van der Waals surface area contributed by atoms with Crippen molar-refractivity contribution < 1.29 is 9.47 Å². The summed E-state index contributed by atoms with van der Waals surface area (Å²) < 4.78 is 14.2. The zero-order valence-electron chi connectivity index (χ0n) is 27.0. The molecule has 4 aromatic heterocycles. The Morgan fingerprint density at radius 1 is 0.490 bits per heavy atom. The highest BCUT2D eigenvalue weighted by Gasteiger charge is 2.21. The molecule has 0 radical (unpaired) electrons. The first-order valence-corrected chi connectivity index (χ1v) is 16.2. The van der Waals surface area contributed by atoms with Crippen LogP contribution in [0.15, 0.2) is 146 Å². The molecule has 8 rings (SSSR count). The first-order chi connectivity index (χ1) is 24.1. The first-order valence-electron chi connectivity index (χ1n) is 16.2. The molecular formula is C39H30B2N6O2. The molecule has 0 aliphatic heterocycles. The van der Waals surface area contributed by atoms with Crippen molar-refractivity contribution in [2.45, 2.75) is 13.6 Å². The lowest BCUT2D eigenvalue weighted by Crippen LogP contribution is -2.39. The van der Waals surface area contributed by atoms with Crippen molar-refractivity contribution in [3.63, 3.8) is 0 Å². The third-order valence-electron chi connectivity index (χ3n) is 8.92. The van der Waals surface area contributed by atoms with E-state index in [2.05, 4.69) is 104 Å². The van der Waals surface area contributed by atoms with Crippen molar-refractivity contribution in [1.29, 1.82) is 0 Å². The van der Waals surface area contributed by atoms with Crippen LogP contribution in [0.25, 0.3) is 27.8 Å². The van der Waals surface area contributed by atoms with Crippen LogP contribution < -0.4 is 31.3 Å². The van der Waals surface area contributed by atoms with E-state index in [1.807, 2.05) is 60.7 Å². The minimum atomic E-state index is 0.0918. The lowest BCUT2D eigenvalue weighted by atomic mass is 9.42. The van der Waals surface area contributed by atoms with Crippen molar-refractivity contribution in [2.75, 3.05) is 0 Å². The summed E-state index contributed by atoms with van der Waals surface area (Å²) in [5.41, 5.74) is 6.63. The van der Waals surface area contributed by atoms with Crippen LogP contribution in [0, 0.1) is 0 Å². The number of pyridine rings is 2. The predicted molar refractivity (Wildman–Crippen MR) is 197 cm³/mol. The fourth-order valence-corrected chi connectivity index (χ4v) is 6.29. The summed E-state index contributed by atoms with van der Waals surface area (Å²) in [6, 6.07) is 40.9. The summed E-state index contributed by atoms with van der Waals surface area (Å²) in [5.74, 6) is 3.14. The standard InChI is InChI=1S/C39H30B2N6O2/c1-40(27-9-7-11-31(23-27)48-37-13-3-5-19-42-37)29-15-17-33-34-18-16-30(26-36(34)47(35(33)25-29)39-44-21-22-45-46-39)41(2)28-10-8-12-32(24-28)49-38-14-4-6-20-43-38/h3-26H,1-2H3. The fourth-order valence-electron chi connectivity index (χ4n) is 6.29. The van der Waals surface area contributed by atoms with E-state index in [9.17, 15) is 0 Å². The summed E-state index contributed by atoms with van der Waals surface area (Å²) in [4.78, 5) is 13.2. The van der Waals surface area contributed by atoms with E-state index in [1.54, 1.807) is 24.8 Å². The lowest BCUT2D eigenvalue weighted by Gasteiger charge is -2.13. The number of fused-ring (bicyclic) bond motifs is 3. The summed E-state index contributed by atoms with van der Waals surface area (Å²) in [6.07, 6.45) is 6.73. The van der Waals surface area contributed by atoms with Crippen LogP contribution in [-0.2, 0) is 0 Å². The molecule has 0 unspecified atom stereocenters. The highest BCUT2D eigenvalue weighted by molar-refractivity contribution is 6.84. The van der Waals surface area contributed by atoms with Crippen LogP contribution in [0.3, 0.4) is 0 Å². The smallest absolute Gasteiger partial charge is 0.254 e. The van der Waals surface area contributed by atoms with Crippen molar-refractivity contribution in [3.05, 3.63) is 146 Å². The van der Waals surface area contributed by atoms with Gasteiger partial charge in [-0.1, -0.05) is 96.2 Å². The van der Waals surface area contributed by atoms with Gasteiger partial charge in [0.15, 0.2) is 0 Å². The molecule has 0 amide bonds. The first kappa shape index (κ1) is 30.1. The molecule has 0 aliphatic carbocycles. The highest BCUT2D eigenvalue weighted by atomic mass is 16.5. The van der Waals surface area contributed by atoms with E-state index in [1.165, 1.54) is 0 Å². The molecule has 4 heterocycles. The largest absolute Gasteiger partial charge is 0.439 e. The number of hydrogen-bond donors (Lipinski definition) is 0. The van der Waals surface area contributed by atoms with E-state index in [-0.39, 0.29) is 13.4 Å². The lowest BCUT2D eigenvalue weighted by molar-refractivity contribution is 0.463. The summed E-state index contributed by atoms with van der Waals surface area (Å²) in [6.45, 7) is 4.60. The summed E-state index contributed by atoms with van der Waals surface area (Å²) in [5, 5.41) is 10.9. The van der Waals surface area contributed by atoms with Gasteiger partial charge in [0.05, 0.1) is 23.4 Å². The van der Waals surface area contributed by atoms with Gasteiger partial charge in [0.1, 0.15) is 11.5 Å². The van der Waals surface area contributed by atoms with Crippen LogP contribution in [0.1, 0.15) is 0 Å². The van der Waals surface area contributed by atoms with E-state index < -0.39 is 0 Å². The van der Waals surface area contributed by atoms with Gasteiger partial charge in [0, 0.05) is 35.3 Å². The molecule has 0 atom stereocenters. The number of benzene rings is 4. The Labute approximate surface area is 284 Å². The number of aromatic nitrogens is 6.